The second-order valence-electron chi connectivity index (χ2n) is 7.76. The zero-order valence-corrected chi connectivity index (χ0v) is 16.4. The Labute approximate surface area is 161 Å². The third-order valence-corrected chi connectivity index (χ3v) is 5.61. The molecule has 7 nitrogen and oxygen atoms in total. The summed E-state index contributed by atoms with van der Waals surface area (Å²) in [7, 11) is 0. The van der Waals surface area contributed by atoms with Crippen molar-refractivity contribution in [3.8, 4) is 0 Å². The van der Waals surface area contributed by atoms with E-state index in [1.807, 2.05) is 23.6 Å². The Balaban J connectivity index is 1.63. The molecule has 0 aromatic carbocycles. The average molecular weight is 374 g/mol. The maximum atomic E-state index is 12.5. The van der Waals surface area contributed by atoms with Crippen molar-refractivity contribution >= 4 is 11.8 Å². The first-order valence-electron chi connectivity index (χ1n) is 9.92. The first-order valence-corrected chi connectivity index (χ1v) is 9.92. The summed E-state index contributed by atoms with van der Waals surface area (Å²) in [5, 5.41) is 0. The predicted molar refractivity (Wildman–Crippen MR) is 101 cm³/mol. The van der Waals surface area contributed by atoms with Crippen LogP contribution >= 0.6 is 0 Å². The fourth-order valence-electron chi connectivity index (χ4n) is 4.16. The quantitative estimate of drug-likeness (QED) is 0.712. The van der Waals surface area contributed by atoms with Crippen molar-refractivity contribution in [1.29, 1.82) is 0 Å². The van der Waals surface area contributed by atoms with Crippen molar-refractivity contribution in [3.05, 3.63) is 23.8 Å². The van der Waals surface area contributed by atoms with E-state index in [9.17, 15) is 9.59 Å². The number of aromatic nitrogens is 2. The highest BCUT2D eigenvalue weighted by Gasteiger charge is 2.42. The molecule has 7 heteroatoms. The van der Waals surface area contributed by atoms with Gasteiger partial charge in [0.15, 0.2) is 0 Å². The maximum Gasteiger partial charge on any atom is 0.224 e. The van der Waals surface area contributed by atoms with E-state index < -0.39 is 0 Å². The summed E-state index contributed by atoms with van der Waals surface area (Å²) < 4.78 is 5.32. The van der Waals surface area contributed by atoms with Crippen LogP contribution in [-0.4, -0.2) is 64.4 Å². The highest BCUT2D eigenvalue weighted by atomic mass is 16.5. The zero-order valence-electron chi connectivity index (χ0n) is 16.4. The number of rotatable bonds is 6. The minimum atomic E-state index is 0.00551. The van der Waals surface area contributed by atoms with Gasteiger partial charge < -0.3 is 14.5 Å². The minimum Gasteiger partial charge on any atom is -0.381 e. The van der Waals surface area contributed by atoms with Crippen LogP contribution in [0.4, 0.5) is 0 Å². The van der Waals surface area contributed by atoms with Gasteiger partial charge in [0.25, 0.3) is 0 Å². The molecular weight excluding hydrogens is 344 g/mol. The molecule has 0 N–H and O–H groups in total. The lowest BCUT2D eigenvalue weighted by Gasteiger charge is -2.48. The number of aryl methyl sites for hydroxylation is 1. The van der Waals surface area contributed by atoms with E-state index in [2.05, 4.69) is 9.97 Å². The highest BCUT2D eigenvalue weighted by Crippen LogP contribution is 2.39. The second kappa shape index (κ2) is 8.78. The molecule has 2 saturated heterocycles. The van der Waals surface area contributed by atoms with Gasteiger partial charge >= 0.3 is 0 Å². The van der Waals surface area contributed by atoms with Crippen LogP contribution in [0.25, 0.3) is 0 Å². The molecule has 3 rings (SSSR count). The number of piperidine rings is 2. The molecule has 1 aromatic rings. The molecule has 1 spiro atoms. The SMILES string of the molecule is CCOCCC(=O)N1CCC[C@]2(CCC(=O)N(Cc3cnc(C)cn3)C2)C1. The van der Waals surface area contributed by atoms with Gasteiger partial charge in [-0.3, -0.25) is 19.6 Å². The van der Waals surface area contributed by atoms with Crippen LogP contribution in [0, 0.1) is 12.3 Å². The van der Waals surface area contributed by atoms with Crippen molar-refractivity contribution < 1.29 is 14.3 Å². The Hall–Kier alpha value is -2.02. The van der Waals surface area contributed by atoms with E-state index >= 15 is 0 Å². The van der Waals surface area contributed by atoms with E-state index in [1.165, 1.54) is 0 Å². The van der Waals surface area contributed by atoms with Gasteiger partial charge in [0.05, 0.1) is 37.2 Å². The molecule has 1 atom stereocenters. The molecule has 27 heavy (non-hydrogen) atoms. The summed E-state index contributed by atoms with van der Waals surface area (Å²) in [5.41, 5.74) is 1.69. The molecular formula is C20H30N4O3. The molecule has 0 radical (unpaired) electrons. The van der Waals surface area contributed by atoms with E-state index in [-0.39, 0.29) is 17.2 Å². The van der Waals surface area contributed by atoms with Gasteiger partial charge in [-0.1, -0.05) is 0 Å². The third kappa shape index (κ3) is 5.03. The van der Waals surface area contributed by atoms with Gasteiger partial charge in [-0.15, -0.1) is 0 Å². The monoisotopic (exact) mass is 374 g/mol. The summed E-state index contributed by atoms with van der Waals surface area (Å²) in [6, 6.07) is 0. The second-order valence-corrected chi connectivity index (χ2v) is 7.76. The normalized spacial score (nSPS) is 23.1. The lowest BCUT2D eigenvalue weighted by molar-refractivity contribution is -0.144. The van der Waals surface area contributed by atoms with Crippen molar-refractivity contribution in [2.45, 2.75) is 52.5 Å². The van der Waals surface area contributed by atoms with Crippen molar-refractivity contribution in [2.24, 2.45) is 5.41 Å². The van der Waals surface area contributed by atoms with E-state index in [0.29, 0.717) is 39.1 Å². The number of ether oxygens (including phenoxy) is 1. The van der Waals surface area contributed by atoms with Crippen LogP contribution in [-0.2, 0) is 20.9 Å². The van der Waals surface area contributed by atoms with Crippen LogP contribution in [0.5, 0.6) is 0 Å². The fourth-order valence-corrected chi connectivity index (χ4v) is 4.16. The maximum absolute atomic E-state index is 12.5. The first-order chi connectivity index (χ1) is 13.0. The fraction of sp³-hybridized carbons (Fsp3) is 0.700. The summed E-state index contributed by atoms with van der Waals surface area (Å²) in [6.07, 6.45) is 7.37. The number of likely N-dealkylation sites (tertiary alicyclic amines) is 2. The number of carbonyl (C=O) groups excluding carboxylic acids is 2. The number of hydrogen-bond acceptors (Lipinski definition) is 5. The van der Waals surface area contributed by atoms with E-state index in [1.54, 1.807) is 12.4 Å². The Kier molecular flexibility index (Phi) is 6.42. The van der Waals surface area contributed by atoms with Crippen LogP contribution in [0.15, 0.2) is 12.4 Å². The highest BCUT2D eigenvalue weighted by molar-refractivity contribution is 5.78. The number of nitrogens with zero attached hydrogens (tertiary/aromatic N) is 4. The largest absolute Gasteiger partial charge is 0.381 e. The van der Waals surface area contributed by atoms with Gasteiger partial charge in [-0.2, -0.15) is 0 Å². The van der Waals surface area contributed by atoms with Gasteiger partial charge in [-0.05, 0) is 33.1 Å². The average Bonchev–Trinajstić information content (AvgIpc) is 2.67. The number of amides is 2. The molecule has 0 saturated carbocycles. The lowest BCUT2D eigenvalue weighted by atomic mass is 9.73. The van der Waals surface area contributed by atoms with Gasteiger partial charge in [0, 0.05) is 44.3 Å². The minimum absolute atomic E-state index is 0.00551. The Morgan fingerprint density at radius 2 is 2.11 bits per heavy atom. The molecule has 2 aliphatic rings. The first kappa shape index (κ1) is 19.7. The third-order valence-electron chi connectivity index (χ3n) is 5.61. The predicted octanol–water partition coefficient (Wildman–Crippen LogP) is 1.94. The Bertz CT molecular complexity index is 664. The summed E-state index contributed by atoms with van der Waals surface area (Å²) >= 11 is 0. The molecule has 2 fully saturated rings. The smallest absolute Gasteiger partial charge is 0.224 e. The molecule has 148 valence electrons. The summed E-state index contributed by atoms with van der Waals surface area (Å²) in [5.74, 6) is 0.332. The van der Waals surface area contributed by atoms with Crippen molar-refractivity contribution in [1.82, 2.24) is 19.8 Å². The van der Waals surface area contributed by atoms with Gasteiger partial charge in [0.1, 0.15) is 0 Å². The number of carbonyl (C=O) groups is 2. The molecule has 2 amide bonds. The van der Waals surface area contributed by atoms with E-state index in [4.69, 9.17) is 4.74 Å². The standard InChI is InChI=1S/C20H30N4O3/c1-3-27-10-6-19(26)23-9-4-7-20(14-23)8-5-18(25)24(15-20)13-17-12-21-16(2)11-22-17/h11-12H,3-10,13-15H2,1-2H3/t20-/m0/s1. The van der Waals surface area contributed by atoms with Gasteiger partial charge in [0.2, 0.25) is 11.8 Å². The van der Waals surface area contributed by atoms with Crippen LogP contribution in [0.3, 0.4) is 0 Å². The summed E-state index contributed by atoms with van der Waals surface area (Å²) in [6.45, 7) is 7.68. The molecule has 0 bridgehead atoms. The van der Waals surface area contributed by atoms with Crippen molar-refractivity contribution in [2.75, 3.05) is 32.8 Å². The topological polar surface area (TPSA) is 75.6 Å². The van der Waals surface area contributed by atoms with Crippen LogP contribution in [0.1, 0.15) is 50.4 Å². The number of hydrogen-bond donors (Lipinski definition) is 0. The molecule has 0 aliphatic carbocycles. The zero-order chi connectivity index (χ0) is 19.3. The van der Waals surface area contributed by atoms with Crippen LogP contribution < -0.4 is 0 Å². The lowest BCUT2D eigenvalue weighted by Crippen LogP contribution is -2.55. The van der Waals surface area contributed by atoms with E-state index in [0.717, 1.165) is 43.7 Å². The van der Waals surface area contributed by atoms with Gasteiger partial charge in [-0.25, -0.2) is 0 Å². The molecule has 3 heterocycles. The molecule has 0 unspecified atom stereocenters. The molecule has 2 aliphatic heterocycles. The Morgan fingerprint density at radius 3 is 2.85 bits per heavy atom. The Morgan fingerprint density at radius 1 is 1.26 bits per heavy atom. The summed E-state index contributed by atoms with van der Waals surface area (Å²) in [4.78, 5) is 37.5. The van der Waals surface area contributed by atoms with Crippen molar-refractivity contribution in [3.63, 3.8) is 0 Å². The molecule has 1 aromatic heterocycles. The van der Waals surface area contributed by atoms with Crippen LogP contribution in [0.2, 0.25) is 0 Å².